The molecule has 0 bridgehead atoms. The number of nitrogens with zero attached hydrogens (tertiary/aromatic N) is 2. The van der Waals surface area contributed by atoms with E-state index in [-0.39, 0.29) is 6.04 Å². The second-order valence-electron chi connectivity index (χ2n) is 3.97. The van der Waals surface area contributed by atoms with E-state index in [1.165, 1.54) is 5.56 Å². The van der Waals surface area contributed by atoms with Gasteiger partial charge in [0, 0.05) is 40.1 Å². The van der Waals surface area contributed by atoms with E-state index in [0.29, 0.717) is 0 Å². The van der Waals surface area contributed by atoms with Crippen LogP contribution in [0, 0.1) is 0 Å². The van der Waals surface area contributed by atoms with Gasteiger partial charge in [-0.05, 0) is 62.5 Å². The van der Waals surface area contributed by atoms with Crippen LogP contribution in [0.2, 0.25) is 0 Å². The van der Waals surface area contributed by atoms with Gasteiger partial charge >= 0.3 is 0 Å². The Morgan fingerprint density at radius 3 is 2.67 bits per heavy atom. The summed E-state index contributed by atoms with van der Waals surface area (Å²) < 4.78 is 1.98. The van der Waals surface area contributed by atoms with E-state index >= 15 is 0 Å². The van der Waals surface area contributed by atoms with Crippen LogP contribution < -0.4 is 5.32 Å². The molecule has 0 aliphatic heterocycles. The maximum absolute atomic E-state index is 4.37. The Morgan fingerprint density at radius 2 is 2.00 bits per heavy atom. The summed E-state index contributed by atoms with van der Waals surface area (Å²) in [6.07, 6.45) is 5.42. The zero-order valence-electron chi connectivity index (χ0n) is 9.90. The van der Waals surface area contributed by atoms with E-state index in [2.05, 4.69) is 54.1 Å². The van der Waals surface area contributed by atoms with Crippen molar-refractivity contribution in [3.8, 4) is 0 Å². The molecule has 0 amide bonds. The molecule has 2 aromatic rings. The quantitative estimate of drug-likeness (QED) is 0.888. The fourth-order valence-corrected chi connectivity index (χ4v) is 2.72. The Balaban J connectivity index is 1.99. The molecular weight excluding hydrogens is 358 g/mol. The lowest BCUT2D eigenvalue weighted by atomic mass is 10.1. The van der Waals surface area contributed by atoms with E-state index in [1.807, 2.05) is 18.2 Å². The Morgan fingerprint density at radius 1 is 1.28 bits per heavy atom. The van der Waals surface area contributed by atoms with Crippen LogP contribution in [0.4, 0.5) is 0 Å². The minimum atomic E-state index is 0.269. The third-order valence-corrected chi connectivity index (χ3v) is 3.79. The van der Waals surface area contributed by atoms with Crippen LogP contribution in [0.3, 0.4) is 0 Å². The first-order chi connectivity index (χ1) is 8.66. The van der Waals surface area contributed by atoms with Gasteiger partial charge in [-0.25, -0.2) is 0 Å². The average Bonchev–Trinajstić information content (AvgIpc) is 2.38. The van der Waals surface area contributed by atoms with Gasteiger partial charge in [-0.1, -0.05) is 0 Å². The number of nitrogens with one attached hydrogen (secondary N) is 1. The molecule has 1 unspecified atom stereocenters. The van der Waals surface area contributed by atoms with E-state index in [0.717, 1.165) is 21.2 Å². The van der Waals surface area contributed by atoms with Crippen molar-refractivity contribution in [2.75, 3.05) is 0 Å². The molecule has 1 N–H and O–H groups in total. The molecule has 0 aromatic carbocycles. The van der Waals surface area contributed by atoms with Gasteiger partial charge in [0.2, 0.25) is 0 Å². The second-order valence-corrected chi connectivity index (χ2v) is 5.74. The molecule has 0 spiro atoms. The fraction of sp³-hybridized carbons (Fsp3) is 0.231. The molecule has 0 saturated heterocycles. The molecular formula is C13H13Br2N3. The predicted octanol–water partition coefficient (Wildman–Crippen LogP) is 3.85. The van der Waals surface area contributed by atoms with E-state index < -0.39 is 0 Å². The lowest BCUT2D eigenvalue weighted by Gasteiger charge is -2.14. The third kappa shape index (κ3) is 3.60. The minimum Gasteiger partial charge on any atom is -0.305 e. The Kier molecular flexibility index (Phi) is 4.86. The number of rotatable bonds is 4. The molecule has 94 valence electrons. The molecule has 18 heavy (non-hydrogen) atoms. The first-order valence-corrected chi connectivity index (χ1v) is 7.18. The monoisotopic (exact) mass is 369 g/mol. The summed E-state index contributed by atoms with van der Waals surface area (Å²) in [4.78, 5) is 8.39. The van der Waals surface area contributed by atoms with Gasteiger partial charge in [-0.3, -0.25) is 9.97 Å². The van der Waals surface area contributed by atoms with Crippen LogP contribution in [0.5, 0.6) is 0 Å². The number of aromatic nitrogens is 2. The third-order valence-electron chi connectivity index (χ3n) is 2.67. The summed E-state index contributed by atoms with van der Waals surface area (Å²) in [5, 5.41) is 3.44. The van der Waals surface area contributed by atoms with Crippen molar-refractivity contribution >= 4 is 31.9 Å². The predicted molar refractivity (Wildman–Crippen MR) is 79.1 cm³/mol. The highest BCUT2D eigenvalue weighted by molar-refractivity contribution is 9.11. The van der Waals surface area contributed by atoms with Crippen LogP contribution in [0.25, 0.3) is 0 Å². The van der Waals surface area contributed by atoms with E-state index in [1.54, 1.807) is 18.6 Å². The highest BCUT2D eigenvalue weighted by Gasteiger charge is 2.07. The van der Waals surface area contributed by atoms with Crippen molar-refractivity contribution < 1.29 is 0 Å². The average molecular weight is 371 g/mol. The van der Waals surface area contributed by atoms with Gasteiger partial charge < -0.3 is 5.32 Å². The minimum absolute atomic E-state index is 0.269. The maximum Gasteiger partial charge on any atom is 0.0684 e. The van der Waals surface area contributed by atoms with Gasteiger partial charge in [0.1, 0.15) is 0 Å². The van der Waals surface area contributed by atoms with Gasteiger partial charge in [0.15, 0.2) is 0 Å². The lowest BCUT2D eigenvalue weighted by Crippen LogP contribution is -2.19. The molecule has 0 radical (unpaired) electrons. The molecule has 2 heterocycles. The fourth-order valence-electron chi connectivity index (χ4n) is 1.59. The summed E-state index contributed by atoms with van der Waals surface area (Å²) in [7, 11) is 0. The number of pyridine rings is 2. The standard InChI is InChI=1S/C13H13Br2N3/c1-9(10-2-4-16-5-3-10)17-8-13-12(15)6-11(14)7-18-13/h2-7,9,17H,8H2,1H3. The van der Waals surface area contributed by atoms with Gasteiger partial charge in [-0.2, -0.15) is 0 Å². The van der Waals surface area contributed by atoms with Crippen LogP contribution in [-0.2, 0) is 6.54 Å². The van der Waals surface area contributed by atoms with Gasteiger partial charge in [0.05, 0.1) is 5.69 Å². The Labute approximate surface area is 123 Å². The van der Waals surface area contributed by atoms with Crippen molar-refractivity contribution in [3.63, 3.8) is 0 Å². The summed E-state index contributed by atoms with van der Waals surface area (Å²) >= 11 is 6.90. The molecule has 2 rings (SSSR count). The summed E-state index contributed by atoms with van der Waals surface area (Å²) in [5.74, 6) is 0. The molecule has 0 aliphatic carbocycles. The second kappa shape index (κ2) is 6.41. The number of halogens is 2. The lowest BCUT2D eigenvalue weighted by molar-refractivity contribution is 0.566. The highest BCUT2D eigenvalue weighted by Crippen LogP contribution is 2.20. The normalized spacial score (nSPS) is 12.4. The van der Waals surface area contributed by atoms with Crippen molar-refractivity contribution in [3.05, 3.63) is 57.0 Å². The van der Waals surface area contributed by atoms with Crippen molar-refractivity contribution in [2.24, 2.45) is 0 Å². The number of hydrogen-bond acceptors (Lipinski definition) is 3. The van der Waals surface area contributed by atoms with Crippen molar-refractivity contribution in [1.29, 1.82) is 0 Å². The molecule has 0 saturated carbocycles. The van der Waals surface area contributed by atoms with Crippen LogP contribution in [-0.4, -0.2) is 9.97 Å². The Hall–Kier alpha value is -0.780. The molecule has 0 fully saturated rings. The van der Waals surface area contributed by atoms with Gasteiger partial charge in [-0.15, -0.1) is 0 Å². The zero-order chi connectivity index (χ0) is 13.0. The SMILES string of the molecule is CC(NCc1ncc(Br)cc1Br)c1ccncc1. The van der Waals surface area contributed by atoms with Crippen molar-refractivity contribution in [2.45, 2.75) is 19.5 Å². The van der Waals surface area contributed by atoms with Crippen LogP contribution in [0.15, 0.2) is 45.7 Å². The van der Waals surface area contributed by atoms with Crippen LogP contribution in [0.1, 0.15) is 24.2 Å². The summed E-state index contributed by atoms with van der Waals surface area (Å²) in [6, 6.07) is 6.30. The highest BCUT2D eigenvalue weighted by atomic mass is 79.9. The van der Waals surface area contributed by atoms with E-state index in [9.17, 15) is 0 Å². The molecule has 3 nitrogen and oxygen atoms in total. The Bertz CT molecular complexity index is 517. The summed E-state index contributed by atoms with van der Waals surface area (Å²) in [5.41, 5.74) is 2.22. The summed E-state index contributed by atoms with van der Waals surface area (Å²) in [6.45, 7) is 2.85. The van der Waals surface area contributed by atoms with Crippen molar-refractivity contribution in [1.82, 2.24) is 15.3 Å². The smallest absolute Gasteiger partial charge is 0.0684 e. The molecule has 5 heteroatoms. The molecule has 1 atom stereocenters. The largest absolute Gasteiger partial charge is 0.305 e. The topological polar surface area (TPSA) is 37.8 Å². The molecule has 0 aliphatic rings. The number of hydrogen-bond donors (Lipinski definition) is 1. The maximum atomic E-state index is 4.37. The van der Waals surface area contributed by atoms with Crippen LogP contribution >= 0.6 is 31.9 Å². The first-order valence-electron chi connectivity index (χ1n) is 5.60. The van der Waals surface area contributed by atoms with E-state index in [4.69, 9.17) is 0 Å². The van der Waals surface area contributed by atoms with Gasteiger partial charge in [0.25, 0.3) is 0 Å². The first kappa shape index (κ1) is 13.6. The zero-order valence-corrected chi connectivity index (χ0v) is 13.1. The molecule has 2 aromatic heterocycles.